The van der Waals surface area contributed by atoms with Crippen LogP contribution in [-0.4, -0.2) is 32.9 Å². The van der Waals surface area contributed by atoms with Gasteiger partial charge in [-0.15, -0.1) is 0 Å². The Labute approximate surface area is 140 Å². The van der Waals surface area contributed by atoms with Crippen LogP contribution in [0.2, 0.25) is 0 Å². The van der Waals surface area contributed by atoms with E-state index < -0.39 is 0 Å². The fourth-order valence-corrected chi connectivity index (χ4v) is 2.18. The molecule has 0 aliphatic rings. The normalized spacial score (nSPS) is 10.5. The van der Waals surface area contributed by atoms with Crippen molar-refractivity contribution >= 4 is 5.97 Å². The maximum atomic E-state index is 11.9. The van der Waals surface area contributed by atoms with Crippen molar-refractivity contribution < 1.29 is 19.0 Å². The second-order valence-electron chi connectivity index (χ2n) is 5.62. The first kappa shape index (κ1) is 19.5. The highest BCUT2D eigenvalue weighted by atomic mass is 16.5. The fraction of sp³-hybridized carbons (Fsp3) is 0.632. The van der Waals surface area contributed by atoms with Gasteiger partial charge in [0.05, 0.1) is 18.8 Å². The van der Waals surface area contributed by atoms with Crippen LogP contribution >= 0.6 is 0 Å². The maximum Gasteiger partial charge on any atom is 0.338 e. The molecule has 0 unspecified atom stereocenters. The first-order valence-corrected chi connectivity index (χ1v) is 8.67. The van der Waals surface area contributed by atoms with Crippen LogP contribution in [0.5, 0.6) is 5.75 Å². The molecule has 23 heavy (non-hydrogen) atoms. The molecule has 1 aromatic carbocycles. The lowest BCUT2D eigenvalue weighted by Crippen LogP contribution is -2.06. The summed E-state index contributed by atoms with van der Waals surface area (Å²) in [5.41, 5.74) is 0.574. The number of rotatable bonds is 13. The van der Waals surface area contributed by atoms with Gasteiger partial charge in [-0.2, -0.15) is 0 Å². The monoisotopic (exact) mass is 322 g/mol. The fourth-order valence-electron chi connectivity index (χ4n) is 2.18. The Kier molecular flexibility index (Phi) is 11.0. The van der Waals surface area contributed by atoms with E-state index in [0.29, 0.717) is 12.2 Å². The number of carbonyl (C=O) groups excluding carboxylic acids is 1. The molecule has 0 radical (unpaired) electrons. The molecule has 0 spiro atoms. The second kappa shape index (κ2) is 12.9. The molecule has 0 heterocycles. The molecule has 0 atom stereocenters. The molecule has 0 N–H and O–H groups in total. The smallest absolute Gasteiger partial charge is 0.338 e. The third-order valence-electron chi connectivity index (χ3n) is 3.58. The quantitative estimate of drug-likeness (QED) is 0.393. The molecule has 130 valence electrons. The summed E-state index contributed by atoms with van der Waals surface area (Å²) >= 11 is 0. The van der Waals surface area contributed by atoms with E-state index >= 15 is 0 Å². The van der Waals surface area contributed by atoms with Crippen molar-refractivity contribution in [2.45, 2.75) is 51.9 Å². The summed E-state index contributed by atoms with van der Waals surface area (Å²) in [7, 11) is 1.71. The van der Waals surface area contributed by atoms with Crippen molar-refractivity contribution in [3.63, 3.8) is 0 Å². The largest absolute Gasteiger partial charge is 0.494 e. The van der Waals surface area contributed by atoms with Crippen LogP contribution in [0.4, 0.5) is 0 Å². The minimum absolute atomic E-state index is 0.264. The van der Waals surface area contributed by atoms with E-state index in [1.165, 1.54) is 12.8 Å². The molecular weight excluding hydrogens is 292 g/mol. The number of unbranched alkanes of at least 4 members (excludes halogenated alkanes) is 5. The Morgan fingerprint density at radius 3 is 2.17 bits per heavy atom. The zero-order valence-corrected chi connectivity index (χ0v) is 14.5. The van der Waals surface area contributed by atoms with Crippen molar-refractivity contribution in [3.8, 4) is 5.75 Å². The minimum Gasteiger partial charge on any atom is -0.494 e. The first-order chi connectivity index (χ1) is 11.3. The first-order valence-electron chi connectivity index (χ1n) is 8.67. The maximum absolute atomic E-state index is 11.9. The summed E-state index contributed by atoms with van der Waals surface area (Å²) in [6.07, 6.45) is 7.54. The van der Waals surface area contributed by atoms with Gasteiger partial charge in [0.25, 0.3) is 0 Å². The van der Waals surface area contributed by atoms with Crippen LogP contribution < -0.4 is 4.74 Å². The highest BCUT2D eigenvalue weighted by Crippen LogP contribution is 2.14. The summed E-state index contributed by atoms with van der Waals surface area (Å²) < 4.78 is 15.9. The van der Waals surface area contributed by atoms with E-state index in [1.807, 2.05) is 12.1 Å². The molecule has 0 aliphatic carbocycles. The lowest BCUT2D eigenvalue weighted by atomic mass is 10.2. The van der Waals surface area contributed by atoms with Gasteiger partial charge < -0.3 is 14.2 Å². The molecular formula is C19H30O4. The van der Waals surface area contributed by atoms with E-state index in [4.69, 9.17) is 14.2 Å². The van der Waals surface area contributed by atoms with Gasteiger partial charge in [-0.25, -0.2) is 4.79 Å². The molecule has 0 bridgehead atoms. The molecule has 4 nitrogen and oxygen atoms in total. The van der Waals surface area contributed by atoms with Gasteiger partial charge in [-0.1, -0.05) is 26.2 Å². The molecule has 0 saturated heterocycles. The molecule has 0 amide bonds. The van der Waals surface area contributed by atoms with Gasteiger partial charge in [0.1, 0.15) is 5.75 Å². The van der Waals surface area contributed by atoms with Crippen LogP contribution in [-0.2, 0) is 9.47 Å². The number of esters is 1. The molecule has 4 heteroatoms. The zero-order valence-electron chi connectivity index (χ0n) is 14.5. The van der Waals surface area contributed by atoms with Gasteiger partial charge in [-0.05, 0) is 49.9 Å². The van der Waals surface area contributed by atoms with Gasteiger partial charge >= 0.3 is 5.97 Å². The molecule has 0 saturated carbocycles. The predicted octanol–water partition coefficient (Wildman–Crippen LogP) is 4.62. The minimum atomic E-state index is -0.264. The molecule has 0 fully saturated rings. The van der Waals surface area contributed by atoms with Gasteiger partial charge in [-0.3, -0.25) is 0 Å². The number of benzene rings is 1. The Morgan fingerprint density at radius 2 is 1.52 bits per heavy atom. The zero-order chi connectivity index (χ0) is 16.8. The number of carbonyl (C=O) groups is 1. The summed E-state index contributed by atoms with van der Waals surface area (Å²) in [5, 5.41) is 0. The van der Waals surface area contributed by atoms with Crippen molar-refractivity contribution in [2.75, 3.05) is 26.9 Å². The molecule has 1 rings (SSSR count). The summed E-state index contributed by atoms with van der Waals surface area (Å²) in [5.74, 6) is 0.537. The average Bonchev–Trinajstić information content (AvgIpc) is 2.58. The number of ether oxygens (including phenoxy) is 3. The van der Waals surface area contributed by atoms with Crippen LogP contribution in [0.1, 0.15) is 62.2 Å². The van der Waals surface area contributed by atoms with Crippen molar-refractivity contribution in [1.82, 2.24) is 0 Å². The third kappa shape index (κ3) is 9.24. The van der Waals surface area contributed by atoms with E-state index in [0.717, 1.165) is 51.1 Å². The topological polar surface area (TPSA) is 44.8 Å². The van der Waals surface area contributed by atoms with Crippen molar-refractivity contribution in [1.29, 1.82) is 0 Å². The Balaban J connectivity index is 2.18. The standard InChI is InChI=1S/C19H30O4/c1-3-4-7-15-22-18-12-10-17(11-13-18)19(20)23-16-9-6-5-8-14-21-2/h10-13H,3-9,14-16H2,1-2H3. The van der Waals surface area contributed by atoms with Gasteiger partial charge in [0, 0.05) is 13.7 Å². The van der Waals surface area contributed by atoms with Gasteiger partial charge in [0.2, 0.25) is 0 Å². The summed E-state index contributed by atoms with van der Waals surface area (Å²) in [4.78, 5) is 11.9. The molecule has 0 aliphatic heterocycles. The number of hydrogen-bond donors (Lipinski definition) is 0. The van der Waals surface area contributed by atoms with Crippen molar-refractivity contribution in [2.24, 2.45) is 0 Å². The number of methoxy groups -OCH3 is 1. The molecule has 1 aromatic rings. The van der Waals surface area contributed by atoms with Crippen LogP contribution in [0.3, 0.4) is 0 Å². The van der Waals surface area contributed by atoms with Crippen LogP contribution in [0.25, 0.3) is 0 Å². The van der Waals surface area contributed by atoms with E-state index in [2.05, 4.69) is 6.92 Å². The third-order valence-corrected chi connectivity index (χ3v) is 3.58. The average molecular weight is 322 g/mol. The van der Waals surface area contributed by atoms with Gasteiger partial charge in [0.15, 0.2) is 0 Å². The van der Waals surface area contributed by atoms with E-state index in [9.17, 15) is 4.79 Å². The lowest BCUT2D eigenvalue weighted by molar-refractivity contribution is 0.0497. The second-order valence-corrected chi connectivity index (χ2v) is 5.62. The summed E-state index contributed by atoms with van der Waals surface area (Å²) in [6, 6.07) is 7.17. The van der Waals surface area contributed by atoms with Crippen LogP contribution in [0, 0.1) is 0 Å². The Morgan fingerprint density at radius 1 is 0.870 bits per heavy atom. The SMILES string of the molecule is CCCCCOc1ccc(C(=O)OCCCCCCOC)cc1. The highest BCUT2D eigenvalue weighted by Gasteiger charge is 2.07. The highest BCUT2D eigenvalue weighted by molar-refractivity contribution is 5.89. The van der Waals surface area contributed by atoms with E-state index in [1.54, 1.807) is 19.2 Å². The lowest BCUT2D eigenvalue weighted by Gasteiger charge is -2.07. The van der Waals surface area contributed by atoms with Crippen molar-refractivity contribution in [3.05, 3.63) is 29.8 Å². The van der Waals surface area contributed by atoms with Crippen LogP contribution in [0.15, 0.2) is 24.3 Å². The van der Waals surface area contributed by atoms with E-state index in [-0.39, 0.29) is 5.97 Å². The number of hydrogen-bond acceptors (Lipinski definition) is 4. The Hall–Kier alpha value is -1.55. The molecule has 0 aromatic heterocycles. The summed E-state index contributed by atoms with van der Waals surface area (Å²) in [6.45, 7) is 4.16. The Bertz CT molecular complexity index is 414. The predicted molar refractivity (Wildman–Crippen MR) is 92.1 cm³/mol.